The van der Waals surface area contributed by atoms with Crippen LogP contribution in [0, 0.1) is 5.92 Å². The molecule has 2 aromatic heterocycles. The highest BCUT2D eigenvalue weighted by Crippen LogP contribution is 2.32. The van der Waals surface area contributed by atoms with Gasteiger partial charge in [-0.1, -0.05) is 6.07 Å². The Balaban J connectivity index is 1.43. The number of H-pyrrole nitrogens is 1. The molecule has 0 spiro atoms. The number of nitrogens with zero attached hydrogens (tertiary/aromatic N) is 4. The van der Waals surface area contributed by atoms with Crippen LogP contribution >= 0.6 is 0 Å². The maximum absolute atomic E-state index is 13.3. The van der Waals surface area contributed by atoms with E-state index in [2.05, 4.69) is 30.8 Å². The van der Waals surface area contributed by atoms with E-state index >= 15 is 0 Å². The van der Waals surface area contributed by atoms with E-state index in [0.717, 1.165) is 64.1 Å². The molecule has 2 fully saturated rings. The van der Waals surface area contributed by atoms with Crippen LogP contribution < -0.4 is 0 Å². The van der Waals surface area contributed by atoms with Crippen molar-refractivity contribution in [2.24, 2.45) is 5.92 Å². The molecule has 0 aromatic carbocycles. The van der Waals surface area contributed by atoms with E-state index in [1.54, 1.807) is 12.4 Å². The van der Waals surface area contributed by atoms with Crippen molar-refractivity contribution in [2.75, 3.05) is 19.6 Å². The highest BCUT2D eigenvalue weighted by atomic mass is 16.2. The third-order valence-corrected chi connectivity index (χ3v) is 5.60. The summed E-state index contributed by atoms with van der Waals surface area (Å²) in [7, 11) is 0. The Hall–Kier alpha value is -2.21. The zero-order chi connectivity index (χ0) is 17.8. The van der Waals surface area contributed by atoms with E-state index in [4.69, 9.17) is 0 Å². The highest BCUT2D eigenvalue weighted by molar-refractivity contribution is 5.79. The number of hydrogen-bond acceptors (Lipinski definition) is 4. The molecule has 0 saturated carbocycles. The highest BCUT2D eigenvalue weighted by Gasteiger charge is 2.35. The Kier molecular flexibility index (Phi) is 5.29. The van der Waals surface area contributed by atoms with Crippen LogP contribution in [0.2, 0.25) is 0 Å². The van der Waals surface area contributed by atoms with Gasteiger partial charge in [-0.25, -0.2) is 4.98 Å². The second-order valence-electron chi connectivity index (χ2n) is 7.45. The first-order chi connectivity index (χ1) is 12.8. The van der Waals surface area contributed by atoms with Gasteiger partial charge in [0.15, 0.2) is 0 Å². The standard InChI is InChI=1S/C20H27N5O/c26-20(25-12-2-1-7-18(25)19-22-9-10-23-19)17-6-4-11-24(15-17)14-16-5-3-8-21-13-16/h3,5,8-10,13,17-18H,1-2,4,6-7,11-12,14-15H2,(H,22,23). The van der Waals surface area contributed by atoms with Gasteiger partial charge in [0.2, 0.25) is 5.91 Å². The van der Waals surface area contributed by atoms with Crippen LogP contribution in [0.5, 0.6) is 0 Å². The molecular weight excluding hydrogens is 326 g/mol. The zero-order valence-electron chi connectivity index (χ0n) is 15.2. The number of likely N-dealkylation sites (tertiary alicyclic amines) is 2. The van der Waals surface area contributed by atoms with Crippen molar-refractivity contribution < 1.29 is 4.79 Å². The molecule has 4 heterocycles. The third kappa shape index (κ3) is 3.80. The molecule has 2 atom stereocenters. The minimum Gasteiger partial charge on any atom is -0.347 e. The lowest BCUT2D eigenvalue weighted by atomic mass is 9.93. The lowest BCUT2D eigenvalue weighted by molar-refractivity contribution is -0.141. The Morgan fingerprint density at radius 1 is 1.19 bits per heavy atom. The minimum absolute atomic E-state index is 0.0935. The number of hydrogen-bond donors (Lipinski definition) is 1. The first kappa shape index (κ1) is 17.2. The number of rotatable bonds is 4. The van der Waals surface area contributed by atoms with Crippen molar-refractivity contribution in [2.45, 2.75) is 44.7 Å². The number of piperidine rings is 2. The molecule has 0 bridgehead atoms. The SMILES string of the molecule is O=C(C1CCCN(Cc2cccnc2)C1)N1CCCCC1c1ncc[nH]1. The van der Waals surface area contributed by atoms with Crippen LogP contribution in [0.4, 0.5) is 0 Å². The number of aromatic nitrogens is 3. The Labute approximate surface area is 154 Å². The molecule has 2 aliphatic rings. The monoisotopic (exact) mass is 353 g/mol. The van der Waals surface area contributed by atoms with E-state index in [1.807, 2.05) is 18.5 Å². The molecule has 2 aromatic rings. The summed E-state index contributed by atoms with van der Waals surface area (Å²) in [5.74, 6) is 1.33. The normalized spacial score (nSPS) is 24.5. The van der Waals surface area contributed by atoms with Gasteiger partial charge < -0.3 is 9.88 Å². The van der Waals surface area contributed by atoms with Gasteiger partial charge in [-0.05, 0) is 50.3 Å². The number of amides is 1. The largest absolute Gasteiger partial charge is 0.347 e. The van der Waals surface area contributed by atoms with E-state index in [9.17, 15) is 4.79 Å². The molecule has 2 saturated heterocycles. The fraction of sp³-hybridized carbons (Fsp3) is 0.550. The molecule has 2 aliphatic heterocycles. The summed E-state index contributed by atoms with van der Waals surface area (Å²) < 4.78 is 0. The van der Waals surface area contributed by atoms with Crippen LogP contribution in [0.15, 0.2) is 36.9 Å². The topological polar surface area (TPSA) is 65.1 Å². The molecule has 6 nitrogen and oxygen atoms in total. The van der Waals surface area contributed by atoms with Gasteiger partial charge in [-0.2, -0.15) is 0 Å². The predicted molar refractivity (Wildman–Crippen MR) is 99.1 cm³/mol. The average Bonchev–Trinajstić information content (AvgIpc) is 3.23. The van der Waals surface area contributed by atoms with Gasteiger partial charge in [0.1, 0.15) is 5.82 Å². The summed E-state index contributed by atoms with van der Waals surface area (Å²) in [6, 6.07) is 4.19. The van der Waals surface area contributed by atoms with Crippen molar-refractivity contribution >= 4 is 5.91 Å². The Morgan fingerprint density at radius 3 is 2.96 bits per heavy atom. The Bertz CT molecular complexity index is 702. The summed E-state index contributed by atoms with van der Waals surface area (Å²) in [5.41, 5.74) is 1.21. The number of aromatic amines is 1. The van der Waals surface area contributed by atoms with Crippen LogP contribution in [-0.2, 0) is 11.3 Å². The summed E-state index contributed by atoms with van der Waals surface area (Å²) in [6.45, 7) is 3.62. The van der Waals surface area contributed by atoms with Crippen LogP contribution in [0.25, 0.3) is 0 Å². The molecule has 0 aliphatic carbocycles. The molecule has 6 heteroatoms. The second kappa shape index (κ2) is 7.99. The van der Waals surface area contributed by atoms with Crippen LogP contribution in [0.1, 0.15) is 49.5 Å². The van der Waals surface area contributed by atoms with Gasteiger partial charge in [-0.15, -0.1) is 0 Å². The molecule has 1 N–H and O–H groups in total. The summed E-state index contributed by atoms with van der Waals surface area (Å²) >= 11 is 0. The molecule has 0 radical (unpaired) electrons. The van der Waals surface area contributed by atoms with Crippen LogP contribution in [0.3, 0.4) is 0 Å². The van der Waals surface area contributed by atoms with Gasteiger partial charge in [0.05, 0.1) is 12.0 Å². The maximum atomic E-state index is 13.3. The van der Waals surface area contributed by atoms with Crippen molar-refractivity contribution in [3.8, 4) is 0 Å². The van der Waals surface area contributed by atoms with Gasteiger partial charge >= 0.3 is 0 Å². The summed E-state index contributed by atoms with van der Waals surface area (Å²) in [6.07, 6.45) is 12.7. The summed E-state index contributed by atoms with van der Waals surface area (Å²) in [4.78, 5) is 29.6. The molecule has 138 valence electrons. The van der Waals surface area contributed by atoms with E-state index in [-0.39, 0.29) is 12.0 Å². The van der Waals surface area contributed by atoms with E-state index in [1.165, 1.54) is 5.56 Å². The zero-order valence-corrected chi connectivity index (χ0v) is 15.2. The van der Waals surface area contributed by atoms with Gasteiger partial charge in [0, 0.05) is 44.4 Å². The van der Waals surface area contributed by atoms with Crippen molar-refractivity contribution in [3.05, 3.63) is 48.3 Å². The first-order valence-electron chi connectivity index (χ1n) is 9.72. The van der Waals surface area contributed by atoms with Crippen molar-refractivity contribution in [3.63, 3.8) is 0 Å². The number of carbonyl (C=O) groups is 1. The van der Waals surface area contributed by atoms with Gasteiger partial charge in [0.25, 0.3) is 0 Å². The lowest BCUT2D eigenvalue weighted by Gasteiger charge is -2.39. The number of pyridine rings is 1. The summed E-state index contributed by atoms with van der Waals surface area (Å²) in [5, 5.41) is 0. The molecule has 26 heavy (non-hydrogen) atoms. The number of carbonyl (C=O) groups excluding carboxylic acids is 1. The first-order valence-corrected chi connectivity index (χ1v) is 9.72. The maximum Gasteiger partial charge on any atom is 0.227 e. The number of nitrogens with one attached hydrogen (secondary N) is 1. The van der Waals surface area contributed by atoms with Crippen molar-refractivity contribution in [1.29, 1.82) is 0 Å². The third-order valence-electron chi connectivity index (χ3n) is 5.60. The fourth-order valence-electron chi connectivity index (χ4n) is 4.32. The fourth-order valence-corrected chi connectivity index (χ4v) is 4.32. The molecule has 1 amide bonds. The minimum atomic E-state index is 0.0935. The van der Waals surface area contributed by atoms with Gasteiger partial charge in [-0.3, -0.25) is 14.7 Å². The lowest BCUT2D eigenvalue weighted by Crippen LogP contribution is -2.47. The van der Waals surface area contributed by atoms with E-state index in [0.29, 0.717) is 5.91 Å². The quantitative estimate of drug-likeness (QED) is 0.918. The number of imidazole rings is 1. The van der Waals surface area contributed by atoms with Crippen molar-refractivity contribution in [1.82, 2.24) is 24.8 Å². The van der Waals surface area contributed by atoms with E-state index < -0.39 is 0 Å². The predicted octanol–water partition coefficient (Wildman–Crippen LogP) is 2.77. The smallest absolute Gasteiger partial charge is 0.227 e. The van der Waals surface area contributed by atoms with Crippen LogP contribution in [-0.4, -0.2) is 50.3 Å². The Morgan fingerprint density at radius 2 is 2.15 bits per heavy atom. The average molecular weight is 353 g/mol. The molecular formula is C20H27N5O. The second-order valence-corrected chi connectivity index (χ2v) is 7.45. The molecule has 4 rings (SSSR count). The molecule has 2 unspecified atom stereocenters.